The maximum atomic E-state index is 12.7. The number of pyridine rings is 1. The van der Waals surface area contributed by atoms with E-state index < -0.39 is 0 Å². The molecule has 0 amide bonds. The Morgan fingerprint density at radius 3 is 2.44 bits per heavy atom. The zero-order valence-corrected chi connectivity index (χ0v) is 11.2. The molecule has 92 valence electrons. The van der Waals surface area contributed by atoms with Crippen molar-refractivity contribution in [2.24, 2.45) is 0 Å². The second kappa shape index (κ2) is 5.87. The number of carbonyl (C=O) groups is 1. The fraction of sp³-hybridized carbons (Fsp3) is 0.143. The van der Waals surface area contributed by atoms with Crippen LogP contribution in [0.4, 0.5) is 4.39 Å². The number of Topliss-reactive ketones (excluding diaryl/α,β-unsaturated/α-hetero) is 1. The van der Waals surface area contributed by atoms with Gasteiger partial charge in [0.25, 0.3) is 0 Å². The van der Waals surface area contributed by atoms with Gasteiger partial charge in [0.15, 0.2) is 0 Å². The smallest absolute Gasteiger partial charge is 0.143 e. The summed E-state index contributed by atoms with van der Waals surface area (Å²) in [4.78, 5) is 16.0. The zero-order chi connectivity index (χ0) is 13.0. The van der Waals surface area contributed by atoms with Crippen LogP contribution in [0.2, 0.25) is 0 Å². The zero-order valence-electron chi connectivity index (χ0n) is 9.57. The van der Waals surface area contributed by atoms with Crippen molar-refractivity contribution in [2.75, 3.05) is 0 Å². The normalized spacial score (nSPS) is 10.3. The Morgan fingerprint density at radius 1 is 1.11 bits per heavy atom. The number of ketones is 1. The van der Waals surface area contributed by atoms with E-state index in [4.69, 9.17) is 0 Å². The molecule has 0 atom stereocenters. The van der Waals surface area contributed by atoms with Crippen LogP contribution in [0.15, 0.2) is 47.1 Å². The lowest BCUT2D eigenvalue weighted by molar-refractivity contribution is -0.117. The fourth-order valence-corrected chi connectivity index (χ4v) is 1.84. The Bertz CT molecular complexity index is 487. The van der Waals surface area contributed by atoms with Crippen molar-refractivity contribution < 1.29 is 9.18 Å². The molecule has 0 fully saturated rings. The predicted molar refractivity (Wildman–Crippen MR) is 70.8 cm³/mol. The summed E-state index contributed by atoms with van der Waals surface area (Å²) in [5.74, 6) is -0.225. The third-order valence-corrected chi connectivity index (χ3v) is 2.95. The molecule has 0 saturated heterocycles. The minimum absolute atomic E-state index is 0.0661. The first-order valence-electron chi connectivity index (χ1n) is 5.50. The molecule has 18 heavy (non-hydrogen) atoms. The Balaban J connectivity index is 1.96. The molecule has 0 saturated carbocycles. The lowest BCUT2D eigenvalue weighted by Crippen LogP contribution is -2.07. The molecule has 0 aliphatic rings. The van der Waals surface area contributed by atoms with Gasteiger partial charge in [0, 0.05) is 29.2 Å². The molecule has 4 heteroatoms. The van der Waals surface area contributed by atoms with Gasteiger partial charge in [0.05, 0.1) is 0 Å². The van der Waals surface area contributed by atoms with Crippen LogP contribution in [0, 0.1) is 5.82 Å². The topological polar surface area (TPSA) is 30.0 Å². The number of carbonyl (C=O) groups excluding carboxylic acids is 1. The van der Waals surface area contributed by atoms with Crippen molar-refractivity contribution in [3.05, 3.63) is 64.1 Å². The highest BCUT2D eigenvalue weighted by molar-refractivity contribution is 9.10. The lowest BCUT2D eigenvalue weighted by Gasteiger charge is -2.01. The van der Waals surface area contributed by atoms with E-state index in [-0.39, 0.29) is 11.6 Å². The highest BCUT2D eigenvalue weighted by Gasteiger charge is 2.06. The van der Waals surface area contributed by atoms with Gasteiger partial charge in [-0.25, -0.2) is 4.39 Å². The molecule has 1 aromatic carbocycles. The van der Waals surface area contributed by atoms with Crippen LogP contribution in [0.25, 0.3) is 0 Å². The molecular weight excluding hydrogens is 297 g/mol. The summed E-state index contributed by atoms with van der Waals surface area (Å²) >= 11 is 3.29. The summed E-state index contributed by atoms with van der Waals surface area (Å²) in [5.41, 5.74) is 1.56. The summed E-state index contributed by atoms with van der Waals surface area (Å²) in [7, 11) is 0. The Labute approximate surface area is 113 Å². The van der Waals surface area contributed by atoms with E-state index in [2.05, 4.69) is 20.9 Å². The SMILES string of the molecule is O=C(Cc1ccc(F)cc1)Cc1ccc(Br)cn1. The maximum Gasteiger partial charge on any atom is 0.143 e. The highest BCUT2D eigenvalue weighted by atomic mass is 79.9. The molecule has 0 unspecified atom stereocenters. The average molecular weight is 308 g/mol. The van der Waals surface area contributed by atoms with Crippen LogP contribution in [0.1, 0.15) is 11.3 Å². The number of aromatic nitrogens is 1. The Hall–Kier alpha value is -1.55. The van der Waals surface area contributed by atoms with Crippen molar-refractivity contribution in [3.63, 3.8) is 0 Å². The molecule has 2 rings (SSSR count). The second-order valence-corrected chi connectivity index (χ2v) is 4.90. The van der Waals surface area contributed by atoms with Crippen LogP contribution in [0.5, 0.6) is 0 Å². The molecule has 0 N–H and O–H groups in total. The van der Waals surface area contributed by atoms with Gasteiger partial charge in [-0.3, -0.25) is 9.78 Å². The molecule has 2 aromatic rings. The van der Waals surface area contributed by atoms with E-state index in [0.29, 0.717) is 12.8 Å². The quantitative estimate of drug-likeness (QED) is 0.867. The summed E-state index contributed by atoms with van der Waals surface area (Å²) in [6.07, 6.45) is 2.27. The summed E-state index contributed by atoms with van der Waals surface area (Å²) in [6, 6.07) is 9.64. The van der Waals surface area contributed by atoms with Crippen molar-refractivity contribution in [3.8, 4) is 0 Å². The van der Waals surface area contributed by atoms with E-state index in [9.17, 15) is 9.18 Å². The van der Waals surface area contributed by atoms with Crippen molar-refractivity contribution >= 4 is 21.7 Å². The van der Waals surface area contributed by atoms with Crippen LogP contribution < -0.4 is 0 Å². The number of rotatable bonds is 4. The minimum atomic E-state index is -0.291. The average Bonchev–Trinajstić information content (AvgIpc) is 2.35. The summed E-state index contributed by atoms with van der Waals surface area (Å²) in [6.45, 7) is 0. The predicted octanol–water partition coefficient (Wildman–Crippen LogP) is 3.34. The van der Waals surface area contributed by atoms with Gasteiger partial charge in [-0.1, -0.05) is 12.1 Å². The number of benzene rings is 1. The van der Waals surface area contributed by atoms with Crippen molar-refractivity contribution in [1.82, 2.24) is 4.98 Å². The molecular formula is C14H11BrFNO. The standard InChI is InChI=1S/C14H11BrFNO/c15-11-3-6-13(17-9-11)8-14(18)7-10-1-4-12(16)5-2-10/h1-6,9H,7-8H2. The van der Waals surface area contributed by atoms with Crippen LogP contribution >= 0.6 is 15.9 Å². The molecule has 0 spiro atoms. The largest absolute Gasteiger partial charge is 0.299 e. The van der Waals surface area contributed by atoms with Gasteiger partial charge in [0.2, 0.25) is 0 Å². The monoisotopic (exact) mass is 307 g/mol. The Kier molecular flexibility index (Phi) is 4.20. The molecule has 1 aromatic heterocycles. The van der Waals surface area contributed by atoms with Gasteiger partial charge in [0.1, 0.15) is 11.6 Å². The van der Waals surface area contributed by atoms with Crippen LogP contribution in [0.3, 0.4) is 0 Å². The maximum absolute atomic E-state index is 12.7. The number of halogens is 2. The molecule has 0 bridgehead atoms. The van der Waals surface area contributed by atoms with Gasteiger partial charge < -0.3 is 0 Å². The van der Waals surface area contributed by atoms with Gasteiger partial charge in [-0.2, -0.15) is 0 Å². The fourth-order valence-electron chi connectivity index (χ4n) is 1.61. The number of hydrogen-bond acceptors (Lipinski definition) is 2. The highest BCUT2D eigenvalue weighted by Crippen LogP contribution is 2.09. The third-order valence-electron chi connectivity index (χ3n) is 2.48. The van der Waals surface area contributed by atoms with Crippen LogP contribution in [-0.2, 0) is 17.6 Å². The first kappa shape index (κ1) is 12.9. The summed E-state index contributed by atoms with van der Waals surface area (Å²) < 4.78 is 13.6. The summed E-state index contributed by atoms with van der Waals surface area (Å²) in [5, 5.41) is 0. The van der Waals surface area contributed by atoms with E-state index in [1.165, 1.54) is 12.1 Å². The van der Waals surface area contributed by atoms with E-state index in [0.717, 1.165) is 15.7 Å². The van der Waals surface area contributed by atoms with Gasteiger partial charge >= 0.3 is 0 Å². The molecule has 0 radical (unpaired) electrons. The Morgan fingerprint density at radius 2 is 1.83 bits per heavy atom. The first-order chi connectivity index (χ1) is 8.63. The number of nitrogens with zero attached hydrogens (tertiary/aromatic N) is 1. The van der Waals surface area contributed by atoms with Gasteiger partial charge in [-0.05, 0) is 45.8 Å². The first-order valence-corrected chi connectivity index (χ1v) is 6.29. The van der Waals surface area contributed by atoms with Crippen LogP contribution in [-0.4, -0.2) is 10.8 Å². The second-order valence-electron chi connectivity index (χ2n) is 3.99. The van der Waals surface area contributed by atoms with Gasteiger partial charge in [-0.15, -0.1) is 0 Å². The molecule has 2 nitrogen and oxygen atoms in total. The molecule has 0 aliphatic carbocycles. The lowest BCUT2D eigenvalue weighted by atomic mass is 10.1. The molecule has 1 heterocycles. The third kappa shape index (κ3) is 3.74. The van der Waals surface area contributed by atoms with Crippen molar-refractivity contribution in [1.29, 1.82) is 0 Å². The van der Waals surface area contributed by atoms with E-state index in [1.807, 2.05) is 12.1 Å². The number of hydrogen-bond donors (Lipinski definition) is 0. The molecule has 0 aliphatic heterocycles. The van der Waals surface area contributed by atoms with Crippen molar-refractivity contribution in [2.45, 2.75) is 12.8 Å². The minimum Gasteiger partial charge on any atom is -0.299 e. The van der Waals surface area contributed by atoms with E-state index >= 15 is 0 Å². The van der Waals surface area contributed by atoms with E-state index in [1.54, 1.807) is 18.3 Å².